The molecule has 0 saturated heterocycles. The highest BCUT2D eigenvalue weighted by Gasteiger charge is 2.15. The molecule has 2 heterocycles. The maximum Gasteiger partial charge on any atom is 0.267 e. The summed E-state index contributed by atoms with van der Waals surface area (Å²) in [5, 5.41) is 7.56. The van der Waals surface area contributed by atoms with Gasteiger partial charge >= 0.3 is 0 Å². The van der Waals surface area contributed by atoms with Crippen molar-refractivity contribution in [1.82, 2.24) is 15.6 Å². The van der Waals surface area contributed by atoms with Gasteiger partial charge in [-0.05, 0) is 66.8 Å². The predicted octanol–water partition coefficient (Wildman–Crippen LogP) is 3.89. The van der Waals surface area contributed by atoms with Crippen molar-refractivity contribution < 1.29 is 9.59 Å². The number of thiophene rings is 1. The highest BCUT2D eigenvalue weighted by Crippen LogP contribution is 2.14. The lowest BCUT2D eigenvalue weighted by Crippen LogP contribution is -2.35. The Kier molecular flexibility index (Phi) is 6.92. The Balaban J connectivity index is 1.71. The summed E-state index contributed by atoms with van der Waals surface area (Å²) in [5.74, 6) is -0.637. The fourth-order valence-electron chi connectivity index (χ4n) is 2.70. The highest BCUT2D eigenvalue weighted by atomic mass is 32.1. The van der Waals surface area contributed by atoms with Crippen molar-refractivity contribution in [3.8, 4) is 0 Å². The molecule has 0 saturated carbocycles. The largest absolute Gasteiger partial charge is 0.350 e. The molecule has 148 valence electrons. The van der Waals surface area contributed by atoms with E-state index in [2.05, 4.69) is 15.6 Å². The van der Waals surface area contributed by atoms with Crippen molar-refractivity contribution in [2.75, 3.05) is 6.54 Å². The van der Waals surface area contributed by atoms with E-state index in [9.17, 15) is 9.59 Å². The molecule has 0 radical (unpaired) electrons. The molecule has 0 aliphatic rings. The zero-order valence-corrected chi connectivity index (χ0v) is 17.3. The van der Waals surface area contributed by atoms with Crippen LogP contribution in [0.15, 0.2) is 65.8 Å². The number of hydrogen-bond acceptors (Lipinski definition) is 4. The first kappa shape index (κ1) is 20.5. The number of rotatable bonds is 7. The Hall–Kier alpha value is -3.25. The van der Waals surface area contributed by atoms with Gasteiger partial charge in [-0.15, -0.1) is 11.3 Å². The molecule has 0 aliphatic heterocycles. The molecule has 2 aromatic heterocycles. The van der Waals surface area contributed by atoms with Crippen LogP contribution >= 0.6 is 11.3 Å². The molecule has 0 fully saturated rings. The average Bonchev–Trinajstić information content (AvgIpc) is 3.23. The van der Waals surface area contributed by atoms with Crippen molar-refractivity contribution in [2.24, 2.45) is 0 Å². The SMILES string of the molecule is Cc1ccc(C(=O)N/C(=C\c2cccs2)C(=O)NCCc2ccccn2)cc1C. The van der Waals surface area contributed by atoms with Gasteiger partial charge in [0.25, 0.3) is 11.8 Å². The highest BCUT2D eigenvalue weighted by molar-refractivity contribution is 7.10. The number of amides is 2. The molecule has 2 N–H and O–H groups in total. The van der Waals surface area contributed by atoms with Crippen LogP contribution in [-0.2, 0) is 11.2 Å². The molecule has 0 aliphatic carbocycles. The zero-order chi connectivity index (χ0) is 20.6. The summed E-state index contributed by atoms with van der Waals surface area (Å²) in [6.45, 7) is 4.38. The van der Waals surface area contributed by atoms with Crippen molar-refractivity contribution in [2.45, 2.75) is 20.3 Å². The summed E-state index contributed by atoms with van der Waals surface area (Å²) < 4.78 is 0. The van der Waals surface area contributed by atoms with E-state index in [1.165, 1.54) is 11.3 Å². The lowest BCUT2D eigenvalue weighted by atomic mass is 10.1. The number of hydrogen-bond donors (Lipinski definition) is 2. The van der Waals surface area contributed by atoms with E-state index in [1.807, 2.05) is 61.7 Å². The smallest absolute Gasteiger partial charge is 0.267 e. The van der Waals surface area contributed by atoms with Gasteiger partial charge in [0.1, 0.15) is 5.70 Å². The molecular formula is C23H23N3O2S. The summed E-state index contributed by atoms with van der Waals surface area (Å²) in [6.07, 6.45) is 4.03. The van der Waals surface area contributed by atoms with Gasteiger partial charge in [-0.1, -0.05) is 18.2 Å². The van der Waals surface area contributed by atoms with Crippen LogP contribution in [0.25, 0.3) is 6.08 Å². The molecule has 0 unspecified atom stereocenters. The third-order valence-electron chi connectivity index (χ3n) is 4.48. The number of carbonyl (C=O) groups is 2. The van der Waals surface area contributed by atoms with Gasteiger partial charge in [-0.25, -0.2) is 0 Å². The van der Waals surface area contributed by atoms with E-state index in [-0.39, 0.29) is 17.5 Å². The number of nitrogens with zero attached hydrogens (tertiary/aromatic N) is 1. The summed E-state index contributed by atoms with van der Waals surface area (Å²) in [5.41, 5.74) is 3.78. The Bertz CT molecular complexity index is 1010. The number of carbonyl (C=O) groups excluding carboxylic acids is 2. The fourth-order valence-corrected chi connectivity index (χ4v) is 3.35. The van der Waals surface area contributed by atoms with Gasteiger partial charge in [0.2, 0.25) is 0 Å². The second kappa shape index (κ2) is 9.80. The van der Waals surface area contributed by atoms with Crippen LogP contribution in [0.4, 0.5) is 0 Å². The first-order chi connectivity index (χ1) is 14.0. The topological polar surface area (TPSA) is 71.1 Å². The molecule has 29 heavy (non-hydrogen) atoms. The van der Waals surface area contributed by atoms with E-state index in [0.29, 0.717) is 18.5 Å². The number of aryl methyl sites for hydroxylation is 2. The maximum absolute atomic E-state index is 12.7. The Morgan fingerprint density at radius 1 is 1.07 bits per heavy atom. The van der Waals surface area contributed by atoms with Crippen LogP contribution in [0, 0.1) is 13.8 Å². The van der Waals surface area contributed by atoms with E-state index >= 15 is 0 Å². The first-order valence-electron chi connectivity index (χ1n) is 9.35. The molecule has 0 bridgehead atoms. The third kappa shape index (κ3) is 5.86. The summed E-state index contributed by atoms with van der Waals surface area (Å²) >= 11 is 1.50. The van der Waals surface area contributed by atoms with Crippen LogP contribution in [0.5, 0.6) is 0 Å². The maximum atomic E-state index is 12.7. The molecule has 6 heteroatoms. The first-order valence-corrected chi connectivity index (χ1v) is 10.2. The second-order valence-electron chi connectivity index (χ2n) is 6.65. The Morgan fingerprint density at radius 2 is 1.93 bits per heavy atom. The van der Waals surface area contributed by atoms with Crippen molar-refractivity contribution in [3.63, 3.8) is 0 Å². The van der Waals surface area contributed by atoms with E-state index in [1.54, 1.807) is 18.3 Å². The number of pyridine rings is 1. The Morgan fingerprint density at radius 3 is 2.62 bits per heavy atom. The number of aromatic nitrogens is 1. The average molecular weight is 406 g/mol. The van der Waals surface area contributed by atoms with Gasteiger partial charge in [0.15, 0.2) is 0 Å². The lowest BCUT2D eigenvalue weighted by Gasteiger charge is -2.11. The standard InChI is InChI=1S/C23H23N3O2S/c1-16-8-9-18(14-17(16)2)22(27)26-21(15-20-7-5-13-29-20)23(28)25-12-10-19-6-3-4-11-24-19/h3-9,11,13-15H,10,12H2,1-2H3,(H,25,28)(H,26,27)/b21-15-. The van der Waals surface area contributed by atoms with Gasteiger partial charge < -0.3 is 10.6 Å². The van der Waals surface area contributed by atoms with Crippen LogP contribution in [0.2, 0.25) is 0 Å². The zero-order valence-electron chi connectivity index (χ0n) is 16.4. The van der Waals surface area contributed by atoms with Crippen LogP contribution in [0.3, 0.4) is 0 Å². The number of nitrogens with one attached hydrogen (secondary N) is 2. The molecule has 1 aromatic carbocycles. The van der Waals surface area contributed by atoms with E-state index < -0.39 is 0 Å². The third-order valence-corrected chi connectivity index (χ3v) is 5.30. The summed E-state index contributed by atoms with van der Waals surface area (Å²) in [6, 6.07) is 15.0. The minimum Gasteiger partial charge on any atom is -0.350 e. The minimum absolute atomic E-state index is 0.219. The molecular weight excluding hydrogens is 382 g/mol. The van der Waals surface area contributed by atoms with Crippen LogP contribution in [0.1, 0.15) is 32.1 Å². The second-order valence-corrected chi connectivity index (χ2v) is 7.63. The molecule has 0 atom stereocenters. The van der Waals surface area contributed by atoms with E-state index in [0.717, 1.165) is 21.7 Å². The van der Waals surface area contributed by atoms with Crippen molar-refractivity contribution >= 4 is 29.2 Å². The van der Waals surface area contributed by atoms with Crippen LogP contribution < -0.4 is 10.6 Å². The monoisotopic (exact) mass is 405 g/mol. The van der Waals surface area contributed by atoms with Crippen molar-refractivity contribution in [3.05, 3.63) is 93.1 Å². The molecule has 2 amide bonds. The quantitative estimate of drug-likeness (QED) is 0.586. The molecule has 3 aromatic rings. The summed E-state index contributed by atoms with van der Waals surface area (Å²) in [7, 11) is 0. The van der Waals surface area contributed by atoms with Gasteiger partial charge in [0, 0.05) is 35.3 Å². The fraction of sp³-hybridized carbons (Fsp3) is 0.174. The lowest BCUT2D eigenvalue weighted by molar-refractivity contribution is -0.117. The molecule has 0 spiro atoms. The van der Waals surface area contributed by atoms with Gasteiger partial charge in [0.05, 0.1) is 0 Å². The van der Waals surface area contributed by atoms with E-state index in [4.69, 9.17) is 0 Å². The summed E-state index contributed by atoms with van der Waals surface area (Å²) in [4.78, 5) is 30.6. The van der Waals surface area contributed by atoms with Crippen LogP contribution in [-0.4, -0.2) is 23.3 Å². The van der Waals surface area contributed by atoms with Gasteiger partial charge in [-0.3, -0.25) is 14.6 Å². The molecule has 5 nitrogen and oxygen atoms in total. The van der Waals surface area contributed by atoms with Crippen molar-refractivity contribution in [1.29, 1.82) is 0 Å². The normalized spacial score (nSPS) is 11.2. The van der Waals surface area contributed by atoms with Gasteiger partial charge in [-0.2, -0.15) is 0 Å². The molecule has 3 rings (SSSR count). The number of benzene rings is 1. The minimum atomic E-state index is -0.327. The Labute approximate surface area is 174 Å². The predicted molar refractivity (Wildman–Crippen MR) is 117 cm³/mol.